The van der Waals surface area contributed by atoms with Crippen LogP contribution in [0.3, 0.4) is 0 Å². The van der Waals surface area contributed by atoms with Crippen molar-refractivity contribution in [3.63, 3.8) is 0 Å². The second kappa shape index (κ2) is 6.75. The lowest BCUT2D eigenvalue weighted by Gasteiger charge is -2.05. The Hall–Kier alpha value is -3.36. The first-order valence-electron chi connectivity index (χ1n) is 8.11. The number of nitrogens with zero attached hydrogens (tertiary/aromatic N) is 4. The van der Waals surface area contributed by atoms with Gasteiger partial charge in [-0.15, -0.1) is 4.36 Å². The summed E-state index contributed by atoms with van der Waals surface area (Å²) < 4.78 is 29.1. The standard InChI is InChI=1S/C19H15N5O2S/c20-14-8-10-15(11-9-14)27(25,26)23-18-19(24-12-4-1-5-13-24)22-17-7-3-2-6-16(17)21-18/h1-13H,20H2/p+1. The molecule has 4 aromatic rings. The van der Waals surface area contributed by atoms with E-state index in [1.54, 1.807) is 35.2 Å². The van der Waals surface area contributed by atoms with Crippen molar-refractivity contribution in [2.24, 2.45) is 4.36 Å². The van der Waals surface area contributed by atoms with Crippen LogP contribution in [0, 0.1) is 0 Å². The van der Waals surface area contributed by atoms with E-state index in [0.717, 1.165) is 0 Å². The minimum absolute atomic E-state index is 0.0780. The summed E-state index contributed by atoms with van der Waals surface area (Å²) in [5.74, 6) is 0.445. The Morgan fingerprint density at radius 3 is 2.19 bits per heavy atom. The van der Waals surface area contributed by atoms with Crippen LogP contribution in [0.5, 0.6) is 0 Å². The Kier molecular flexibility index (Phi) is 4.27. The van der Waals surface area contributed by atoms with Crippen molar-refractivity contribution < 1.29 is 13.3 Å². The fourth-order valence-corrected chi connectivity index (χ4v) is 3.52. The average Bonchev–Trinajstić information content (AvgIpc) is 2.68. The van der Waals surface area contributed by atoms with Gasteiger partial charge in [0.25, 0.3) is 5.82 Å². The predicted molar refractivity (Wildman–Crippen MR) is 103 cm³/mol. The van der Waals surface area contributed by atoms with E-state index < -0.39 is 10.0 Å². The molecule has 0 amide bonds. The number of rotatable bonds is 3. The topological polar surface area (TPSA) is 105 Å². The lowest BCUT2D eigenvalue weighted by atomic mass is 10.3. The van der Waals surface area contributed by atoms with Gasteiger partial charge in [-0.2, -0.15) is 0 Å². The molecule has 0 aliphatic rings. The van der Waals surface area contributed by atoms with Gasteiger partial charge < -0.3 is 5.73 Å². The molecule has 1 atom stereocenters. The summed E-state index contributed by atoms with van der Waals surface area (Å²) in [5.41, 5.74) is 7.41. The van der Waals surface area contributed by atoms with Crippen molar-refractivity contribution in [2.75, 3.05) is 5.73 Å². The summed E-state index contributed by atoms with van der Waals surface area (Å²) in [6, 6.07) is 18.9. The number of anilines is 1. The molecule has 0 spiro atoms. The van der Waals surface area contributed by atoms with Crippen LogP contribution in [0.1, 0.15) is 0 Å². The van der Waals surface area contributed by atoms with Crippen LogP contribution in [0.15, 0.2) is 88.4 Å². The van der Waals surface area contributed by atoms with Crippen molar-refractivity contribution in [1.29, 1.82) is 0 Å². The molecular formula is C19H16N5O2S+. The number of hydrogen-bond donors (Lipinski definition) is 2. The van der Waals surface area contributed by atoms with Crippen LogP contribution >= 0.6 is 0 Å². The fraction of sp³-hybridized carbons (Fsp3) is 0. The third-order valence-corrected chi connectivity index (χ3v) is 5.20. The van der Waals surface area contributed by atoms with Gasteiger partial charge in [0.1, 0.15) is 5.52 Å². The van der Waals surface area contributed by atoms with Crippen molar-refractivity contribution in [3.05, 3.63) is 79.1 Å². The molecule has 27 heavy (non-hydrogen) atoms. The second-order valence-electron chi connectivity index (χ2n) is 5.80. The van der Waals surface area contributed by atoms with Gasteiger partial charge in [-0.25, -0.2) is 13.8 Å². The molecular weight excluding hydrogens is 362 g/mol. The maximum absolute atomic E-state index is 12.9. The lowest BCUT2D eigenvalue weighted by Crippen LogP contribution is -2.31. The highest BCUT2D eigenvalue weighted by molar-refractivity contribution is 7.88. The van der Waals surface area contributed by atoms with Crippen LogP contribution in [0.25, 0.3) is 16.9 Å². The highest BCUT2D eigenvalue weighted by Crippen LogP contribution is 2.24. The molecule has 0 fully saturated rings. The van der Waals surface area contributed by atoms with Gasteiger partial charge in [0, 0.05) is 5.69 Å². The highest BCUT2D eigenvalue weighted by Gasteiger charge is 2.21. The molecule has 1 unspecified atom stereocenters. The molecule has 2 aromatic carbocycles. The third kappa shape index (κ3) is 3.48. The van der Waals surface area contributed by atoms with E-state index in [0.29, 0.717) is 22.5 Å². The smallest absolute Gasteiger partial charge is 0.374 e. The number of benzene rings is 2. The van der Waals surface area contributed by atoms with Crippen LogP contribution in [-0.4, -0.2) is 18.7 Å². The first-order valence-corrected chi connectivity index (χ1v) is 9.59. The first-order chi connectivity index (χ1) is 13.0. The summed E-state index contributed by atoms with van der Waals surface area (Å²) in [6.07, 6.45) is 3.56. The normalized spacial score (nSPS) is 13.2. The summed E-state index contributed by atoms with van der Waals surface area (Å²) >= 11 is 0. The zero-order valence-electron chi connectivity index (χ0n) is 14.1. The number of pyridine rings is 1. The van der Waals surface area contributed by atoms with E-state index in [1.807, 2.05) is 36.4 Å². The van der Waals surface area contributed by atoms with E-state index >= 15 is 0 Å². The molecule has 0 aliphatic heterocycles. The molecule has 4 rings (SSSR count). The zero-order valence-corrected chi connectivity index (χ0v) is 15.0. The van der Waals surface area contributed by atoms with Gasteiger partial charge in [-0.05, 0) is 53.5 Å². The van der Waals surface area contributed by atoms with E-state index in [4.69, 9.17) is 5.73 Å². The number of aromatic nitrogens is 3. The Balaban J connectivity index is 1.97. The average molecular weight is 378 g/mol. The Bertz CT molecular complexity index is 1230. The van der Waals surface area contributed by atoms with Crippen LogP contribution in [0.2, 0.25) is 0 Å². The Morgan fingerprint density at radius 2 is 1.52 bits per heavy atom. The monoisotopic (exact) mass is 378 g/mol. The number of nitrogens with two attached hydrogens (primary N) is 1. The van der Waals surface area contributed by atoms with Gasteiger partial charge in [-0.1, -0.05) is 18.2 Å². The molecule has 2 heterocycles. The SMILES string of the molecule is Nc1ccc(S(=O)(O)=Nc2nc3ccccc3nc2-[n+]2ccccc2)cc1. The molecule has 134 valence electrons. The van der Waals surface area contributed by atoms with Crippen LogP contribution in [-0.2, 0) is 10.0 Å². The van der Waals surface area contributed by atoms with Crippen LogP contribution in [0.4, 0.5) is 11.5 Å². The molecule has 3 N–H and O–H groups in total. The van der Waals surface area contributed by atoms with Gasteiger partial charge >= 0.3 is 5.82 Å². The van der Waals surface area contributed by atoms with Crippen molar-refractivity contribution in [2.45, 2.75) is 4.90 Å². The van der Waals surface area contributed by atoms with E-state index in [2.05, 4.69) is 14.3 Å². The van der Waals surface area contributed by atoms with Crippen LogP contribution < -0.4 is 10.3 Å². The molecule has 7 nitrogen and oxygen atoms in total. The highest BCUT2D eigenvalue weighted by atomic mass is 32.2. The summed E-state index contributed by atoms with van der Waals surface area (Å²) in [5, 5.41) is 0. The lowest BCUT2D eigenvalue weighted by molar-refractivity contribution is -0.598. The van der Waals surface area contributed by atoms with E-state index in [9.17, 15) is 8.76 Å². The van der Waals surface area contributed by atoms with Crippen molar-refractivity contribution in [3.8, 4) is 5.82 Å². The minimum Gasteiger partial charge on any atom is -0.399 e. The number of hydrogen-bond acceptors (Lipinski definition) is 5. The molecule has 8 heteroatoms. The molecule has 0 aliphatic carbocycles. The minimum atomic E-state index is -3.73. The molecule has 0 saturated heterocycles. The van der Waals surface area contributed by atoms with Gasteiger partial charge in [-0.3, -0.25) is 4.55 Å². The van der Waals surface area contributed by atoms with Crippen molar-refractivity contribution in [1.82, 2.24) is 9.97 Å². The Labute approximate surface area is 156 Å². The number of fused-ring (bicyclic) bond motifs is 1. The summed E-state index contributed by atoms with van der Waals surface area (Å²) in [7, 11) is -3.73. The molecule has 0 bridgehead atoms. The molecule has 0 saturated carbocycles. The molecule has 0 radical (unpaired) electrons. The zero-order chi connectivity index (χ0) is 18.9. The quantitative estimate of drug-likeness (QED) is 0.421. The van der Waals surface area contributed by atoms with Gasteiger partial charge in [0.15, 0.2) is 10.0 Å². The van der Waals surface area contributed by atoms with E-state index in [-0.39, 0.29) is 10.7 Å². The number of nitrogen functional groups attached to an aromatic ring is 1. The van der Waals surface area contributed by atoms with Crippen molar-refractivity contribution >= 4 is 32.5 Å². The maximum Gasteiger partial charge on any atom is 0.374 e. The molecule has 2 aromatic heterocycles. The summed E-state index contributed by atoms with van der Waals surface area (Å²) in [6.45, 7) is 0. The number of para-hydroxylation sites is 2. The summed E-state index contributed by atoms with van der Waals surface area (Å²) in [4.78, 5) is 9.20. The Morgan fingerprint density at radius 1 is 0.889 bits per heavy atom. The van der Waals surface area contributed by atoms with Gasteiger partial charge in [0.05, 0.1) is 17.3 Å². The third-order valence-electron chi connectivity index (χ3n) is 3.89. The first kappa shape index (κ1) is 17.1. The largest absolute Gasteiger partial charge is 0.399 e. The second-order valence-corrected chi connectivity index (χ2v) is 7.45. The maximum atomic E-state index is 12.9. The predicted octanol–water partition coefficient (Wildman–Crippen LogP) is 3.12. The van der Waals surface area contributed by atoms with E-state index in [1.165, 1.54) is 12.1 Å². The van der Waals surface area contributed by atoms with Gasteiger partial charge in [0.2, 0.25) is 5.52 Å². The fourth-order valence-electron chi connectivity index (χ4n) is 2.57.